The van der Waals surface area contributed by atoms with E-state index in [1.54, 1.807) is 36.4 Å². The summed E-state index contributed by atoms with van der Waals surface area (Å²) in [5, 5.41) is 8.31. The Balaban J connectivity index is 1.70. The number of rotatable bonds is 6. The second kappa shape index (κ2) is 8.22. The van der Waals surface area contributed by atoms with Crippen molar-refractivity contribution in [3.63, 3.8) is 0 Å². The second-order valence-electron chi connectivity index (χ2n) is 6.46. The molecule has 0 aliphatic carbocycles. The third-order valence-electron chi connectivity index (χ3n) is 4.00. The molecule has 0 saturated carbocycles. The van der Waals surface area contributed by atoms with Crippen LogP contribution in [0.4, 0.5) is 17.1 Å². The van der Waals surface area contributed by atoms with Gasteiger partial charge in [0.05, 0.1) is 11.4 Å². The van der Waals surface area contributed by atoms with Crippen molar-refractivity contribution in [2.24, 2.45) is 10.2 Å². The van der Waals surface area contributed by atoms with Gasteiger partial charge in [-0.15, -0.1) is 0 Å². The smallest absolute Gasteiger partial charge is 0.339 e. The lowest BCUT2D eigenvalue weighted by atomic mass is 10.2. The highest BCUT2D eigenvalue weighted by Gasteiger charge is 2.16. The quantitative estimate of drug-likeness (QED) is 0.422. The average Bonchev–Trinajstić information content (AvgIpc) is 2.68. The van der Waals surface area contributed by atoms with Crippen molar-refractivity contribution >= 4 is 27.2 Å². The van der Waals surface area contributed by atoms with Gasteiger partial charge in [0.15, 0.2) is 0 Å². The molecule has 0 bridgehead atoms. The van der Waals surface area contributed by atoms with E-state index < -0.39 is 10.1 Å². The maximum atomic E-state index is 12.4. The molecule has 0 aromatic heterocycles. The number of benzene rings is 3. The van der Waals surface area contributed by atoms with Crippen LogP contribution in [0.3, 0.4) is 0 Å². The SMILES string of the molecule is Cc1ccc(OS(=O)(=O)c2ccc(N=Nc3ccc(N(C)C)cc3)cc2)cc1. The maximum absolute atomic E-state index is 12.4. The molecule has 0 radical (unpaired) electrons. The predicted molar refractivity (Wildman–Crippen MR) is 110 cm³/mol. The highest BCUT2D eigenvalue weighted by molar-refractivity contribution is 7.87. The van der Waals surface area contributed by atoms with Crippen LogP contribution >= 0.6 is 0 Å². The molecule has 3 aromatic carbocycles. The molecule has 6 nitrogen and oxygen atoms in total. The Hall–Kier alpha value is -3.19. The molecule has 0 saturated heterocycles. The van der Waals surface area contributed by atoms with Gasteiger partial charge >= 0.3 is 10.1 Å². The lowest BCUT2D eigenvalue weighted by Gasteiger charge is -2.11. The van der Waals surface area contributed by atoms with Gasteiger partial charge in [-0.3, -0.25) is 0 Å². The minimum Gasteiger partial charge on any atom is -0.379 e. The van der Waals surface area contributed by atoms with Gasteiger partial charge in [-0.2, -0.15) is 18.6 Å². The van der Waals surface area contributed by atoms with E-state index in [1.165, 1.54) is 12.1 Å². The summed E-state index contributed by atoms with van der Waals surface area (Å²) < 4.78 is 29.9. The molecule has 7 heteroatoms. The number of nitrogens with zero attached hydrogens (tertiary/aromatic N) is 3. The van der Waals surface area contributed by atoms with E-state index in [9.17, 15) is 8.42 Å². The fraction of sp³-hybridized carbons (Fsp3) is 0.143. The third kappa shape index (κ3) is 4.95. The number of hydrogen-bond acceptors (Lipinski definition) is 6. The van der Waals surface area contributed by atoms with Gasteiger partial charge in [-0.05, 0) is 67.6 Å². The Bertz CT molecular complexity index is 1060. The lowest BCUT2D eigenvalue weighted by Crippen LogP contribution is -2.09. The van der Waals surface area contributed by atoms with E-state index in [2.05, 4.69) is 10.2 Å². The largest absolute Gasteiger partial charge is 0.379 e. The molecule has 0 unspecified atom stereocenters. The Morgan fingerprint density at radius 3 is 1.75 bits per heavy atom. The number of aryl methyl sites for hydroxylation is 1. The van der Waals surface area contributed by atoms with Crippen molar-refractivity contribution in [2.45, 2.75) is 11.8 Å². The van der Waals surface area contributed by atoms with E-state index in [4.69, 9.17) is 4.18 Å². The van der Waals surface area contributed by atoms with Gasteiger partial charge in [0.1, 0.15) is 10.6 Å². The average molecular weight is 395 g/mol. The minimum absolute atomic E-state index is 0.0577. The van der Waals surface area contributed by atoms with Crippen molar-refractivity contribution in [3.05, 3.63) is 78.4 Å². The fourth-order valence-corrected chi connectivity index (χ4v) is 3.31. The van der Waals surface area contributed by atoms with Crippen LogP contribution in [0.2, 0.25) is 0 Å². The molecule has 144 valence electrons. The number of hydrogen-bond donors (Lipinski definition) is 0. The zero-order chi connectivity index (χ0) is 20.1. The molecular weight excluding hydrogens is 374 g/mol. The zero-order valence-corrected chi connectivity index (χ0v) is 16.7. The van der Waals surface area contributed by atoms with Crippen molar-refractivity contribution in [2.75, 3.05) is 19.0 Å². The monoisotopic (exact) mass is 395 g/mol. The van der Waals surface area contributed by atoms with Crippen LogP contribution < -0.4 is 9.08 Å². The Kier molecular flexibility index (Phi) is 5.75. The molecule has 0 aliphatic rings. The first-order chi connectivity index (χ1) is 13.3. The summed E-state index contributed by atoms with van der Waals surface area (Å²) in [4.78, 5) is 2.06. The zero-order valence-electron chi connectivity index (χ0n) is 15.9. The van der Waals surface area contributed by atoms with Gasteiger partial charge in [-0.25, -0.2) is 0 Å². The summed E-state index contributed by atoms with van der Waals surface area (Å²) >= 11 is 0. The van der Waals surface area contributed by atoms with E-state index in [1.807, 2.05) is 50.2 Å². The van der Waals surface area contributed by atoms with E-state index >= 15 is 0 Å². The van der Waals surface area contributed by atoms with Crippen molar-refractivity contribution < 1.29 is 12.6 Å². The van der Waals surface area contributed by atoms with Crippen LogP contribution in [0.25, 0.3) is 0 Å². The Labute approximate surface area is 165 Å². The summed E-state index contributed by atoms with van der Waals surface area (Å²) in [6, 6.07) is 20.5. The first kappa shape index (κ1) is 19.6. The van der Waals surface area contributed by atoms with Crippen LogP contribution in [-0.2, 0) is 10.1 Å². The van der Waals surface area contributed by atoms with E-state index in [0.29, 0.717) is 11.4 Å². The van der Waals surface area contributed by atoms with Crippen molar-refractivity contribution in [1.82, 2.24) is 0 Å². The Morgan fingerprint density at radius 2 is 1.25 bits per heavy atom. The molecule has 28 heavy (non-hydrogen) atoms. The molecule has 3 rings (SSSR count). The van der Waals surface area contributed by atoms with Gasteiger partial charge < -0.3 is 9.08 Å². The van der Waals surface area contributed by atoms with Crippen LogP contribution in [0.1, 0.15) is 5.56 Å². The van der Waals surface area contributed by atoms with Gasteiger partial charge in [-0.1, -0.05) is 17.7 Å². The van der Waals surface area contributed by atoms with Crippen LogP contribution in [0, 0.1) is 6.92 Å². The van der Waals surface area contributed by atoms with Crippen LogP contribution in [0.5, 0.6) is 5.75 Å². The standard InChI is InChI=1S/C21H21N3O3S/c1-16-4-12-20(13-5-16)27-28(25,26)21-14-8-18(9-15-21)23-22-17-6-10-19(11-7-17)24(2)3/h4-15H,1-3H3. The summed E-state index contributed by atoms with van der Waals surface area (Å²) in [6.07, 6.45) is 0. The summed E-state index contributed by atoms with van der Waals surface area (Å²) in [6.45, 7) is 1.92. The third-order valence-corrected chi connectivity index (χ3v) is 5.26. The van der Waals surface area contributed by atoms with Gasteiger partial charge in [0.25, 0.3) is 0 Å². The number of azo groups is 1. The number of anilines is 1. The minimum atomic E-state index is -3.90. The second-order valence-corrected chi connectivity index (χ2v) is 8.00. The lowest BCUT2D eigenvalue weighted by molar-refractivity contribution is 0.486. The predicted octanol–water partition coefficient (Wildman–Crippen LogP) is 5.24. The van der Waals surface area contributed by atoms with Crippen LogP contribution in [-0.4, -0.2) is 22.5 Å². The van der Waals surface area contributed by atoms with Gasteiger partial charge in [0, 0.05) is 19.8 Å². The molecule has 0 heterocycles. The van der Waals surface area contributed by atoms with Crippen molar-refractivity contribution in [3.8, 4) is 5.75 Å². The molecule has 0 atom stereocenters. The summed E-state index contributed by atoms with van der Waals surface area (Å²) in [5.74, 6) is 0.274. The molecule has 0 spiro atoms. The first-order valence-electron chi connectivity index (χ1n) is 8.64. The van der Waals surface area contributed by atoms with E-state index in [0.717, 1.165) is 11.3 Å². The molecule has 0 fully saturated rings. The molecule has 0 N–H and O–H groups in total. The molecule has 3 aromatic rings. The maximum Gasteiger partial charge on any atom is 0.339 e. The highest BCUT2D eigenvalue weighted by atomic mass is 32.2. The topological polar surface area (TPSA) is 71.3 Å². The normalized spacial score (nSPS) is 11.5. The van der Waals surface area contributed by atoms with Gasteiger partial charge in [0.2, 0.25) is 0 Å². The molecule has 0 amide bonds. The van der Waals surface area contributed by atoms with Crippen LogP contribution in [0.15, 0.2) is 87.9 Å². The summed E-state index contributed by atoms with van der Waals surface area (Å²) in [7, 11) is 0.0340. The fourth-order valence-electron chi connectivity index (χ4n) is 2.38. The Morgan fingerprint density at radius 1 is 0.750 bits per heavy atom. The first-order valence-corrected chi connectivity index (χ1v) is 10.0. The van der Waals surface area contributed by atoms with E-state index in [-0.39, 0.29) is 10.6 Å². The summed E-state index contributed by atoms with van der Waals surface area (Å²) in [5.41, 5.74) is 3.36. The highest BCUT2D eigenvalue weighted by Crippen LogP contribution is 2.24. The molecular formula is C21H21N3O3S. The molecule has 0 aliphatic heterocycles. The van der Waals surface area contributed by atoms with Crippen molar-refractivity contribution in [1.29, 1.82) is 0 Å².